The van der Waals surface area contributed by atoms with Crippen molar-refractivity contribution in [1.82, 2.24) is 0 Å². The van der Waals surface area contributed by atoms with E-state index in [2.05, 4.69) is 24.3 Å². The lowest BCUT2D eigenvalue weighted by Gasteiger charge is -2.52. The van der Waals surface area contributed by atoms with Crippen molar-refractivity contribution in [3.63, 3.8) is 0 Å². The third kappa shape index (κ3) is 3.00. The van der Waals surface area contributed by atoms with Crippen LogP contribution in [0, 0.1) is 11.8 Å². The Bertz CT molecular complexity index is 1580. The van der Waals surface area contributed by atoms with Crippen molar-refractivity contribution in [2.24, 2.45) is 16.8 Å². The summed E-state index contributed by atoms with van der Waals surface area (Å²) in [5, 5.41) is 0.993. The molecule has 1 heterocycles. The molecule has 2 atom stereocenters. The van der Waals surface area contributed by atoms with Gasteiger partial charge in [-0.2, -0.15) is 0 Å². The topological polar surface area (TPSA) is 49.7 Å². The minimum absolute atomic E-state index is 0.221. The van der Waals surface area contributed by atoms with Crippen LogP contribution in [0.2, 0.25) is 10.0 Å². The minimum atomic E-state index is -0.922. The van der Waals surface area contributed by atoms with Gasteiger partial charge in [0.1, 0.15) is 0 Å². The van der Waals surface area contributed by atoms with Gasteiger partial charge in [-0.3, -0.25) is 14.6 Å². The van der Waals surface area contributed by atoms with Crippen molar-refractivity contribution >= 4 is 52.6 Å². The Morgan fingerprint density at radius 1 is 0.730 bits per heavy atom. The third-order valence-electron chi connectivity index (χ3n) is 8.02. The van der Waals surface area contributed by atoms with Crippen molar-refractivity contribution in [2.45, 2.75) is 11.3 Å². The molecule has 37 heavy (non-hydrogen) atoms. The van der Waals surface area contributed by atoms with Gasteiger partial charge >= 0.3 is 0 Å². The van der Waals surface area contributed by atoms with E-state index in [1.807, 2.05) is 42.6 Å². The largest absolute Gasteiger partial charge is 0.274 e. The second kappa shape index (κ2) is 8.14. The van der Waals surface area contributed by atoms with Crippen LogP contribution in [-0.4, -0.2) is 18.0 Å². The molecular formula is C31H20Cl2N2O2. The van der Waals surface area contributed by atoms with E-state index >= 15 is 0 Å². The molecule has 3 aliphatic carbocycles. The van der Waals surface area contributed by atoms with E-state index in [9.17, 15) is 9.59 Å². The lowest BCUT2D eigenvalue weighted by atomic mass is 9.47. The minimum Gasteiger partial charge on any atom is -0.274 e. The Labute approximate surface area is 224 Å². The van der Waals surface area contributed by atoms with Gasteiger partial charge in [0, 0.05) is 17.2 Å². The zero-order chi connectivity index (χ0) is 25.3. The average Bonchev–Trinajstić information content (AvgIpc) is 3.19. The number of benzene rings is 4. The summed E-state index contributed by atoms with van der Waals surface area (Å²) >= 11 is 12.6. The van der Waals surface area contributed by atoms with Crippen molar-refractivity contribution in [3.8, 4) is 0 Å². The fourth-order valence-electron chi connectivity index (χ4n) is 6.62. The molecule has 4 aromatic rings. The first-order valence-corrected chi connectivity index (χ1v) is 12.9. The Kier molecular flexibility index (Phi) is 4.94. The number of para-hydroxylation sites is 1. The number of nitrogens with zero attached hydrogens (tertiary/aromatic N) is 2. The van der Waals surface area contributed by atoms with Gasteiger partial charge in [-0.15, -0.1) is 0 Å². The molecule has 8 rings (SSSR count). The second-order valence-electron chi connectivity index (χ2n) is 9.72. The summed E-state index contributed by atoms with van der Waals surface area (Å²) in [5.74, 6) is -1.92. The van der Waals surface area contributed by atoms with Gasteiger partial charge in [0.25, 0.3) is 0 Å². The molecule has 4 aromatic carbocycles. The van der Waals surface area contributed by atoms with Gasteiger partial charge in [-0.05, 0) is 58.7 Å². The predicted octanol–water partition coefficient (Wildman–Crippen LogP) is 6.95. The van der Waals surface area contributed by atoms with Crippen LogP contribution in [0.5, 0.6) is 0 Å². The van der Waals surface area contributed by atoms with Crippen molar-refractivity contribution < 1.29 is 9.59 Å². The molecule has 4 aliphatic rings. The molecule has 1 saturated heterocycles. The second-order valence-corrected chi connectivity index (χ2v) is 10.6. The molecule has 180 valence electrons. The van der Waals surface area contributed by atoms with Crippen LogP contribution >= 0.6 is 23.2 Å². The van der Waals surface area contributed by atoms with Crippen LogP contribution in [0.15, 0.2) is 102 Å². The number of aliphatic imine (C=N–C) groups is 1. The molecule has 1 fully saturated rings. The van der Waals surface area contributed by atoms with Gasteiger partial charge in [-0.1, -0.05) is 83.9 Å². The van der Waals surface area contributed by atoms with E-state index in [1.165, 1.54) is 4.90 Å². The van der Waals surface area contributed by atoms with Gasteiger partial charge in [0.15, 0.2) is 0 Å². The number of amides is 2. The summed E-state index contributed by atoms with van der Waals surface area (Å²) < 4.78 is 0. The highest BCUT2D eigenvalue weighted by Crippen LogP contribution is 2.64. The normalized spacial score (nSPS) is 25.4. The lowest BCUT2D eigenvalue weighted by Crippen LogP contribution is -2.54. The Hall–Kier alpha value is -3.73. The van der Waals surface area contributed by atoms with Gasteiger partial charge < -0.3 is 0 Å². The van der Waals surface area contributed by atoms with Crippen molar-refractivity contribution in [2.75, 3.05) is 4.90 Å². The number of carbonyl (C=O) groups excluding carboxylic acids is 2. The van der Waals surface area contributed by atoms with Crippen LogP contribution in [0.4, 0.5) is 11.4 Å². The van der Waals surface area contributed by atoms with Crippen molar-refractivity contribution in [1.29, 1.82) is 0 Å². The maximum atomic E-state index is 14.3. The summed E-state index contributed by atoms with van der Waals surface area (Å²) in [4.78, 5) is 34.7. The Morgan fingerprint density at radius 3 is 1.97 bits per heavy atom. The van der Waals surface area contributed by atoms with E-state index in [4.69, 9.17) is 28.2 Å². The van der Waals surface area contributed by atoms with Crippen LogP contribution in [0.25, 0.3) is 0 Å². The summed E-state index contributed by atoms with van der Waals surface area (Å²) in [6, 6.07) is 30.5. The van der Waals surface area contributed by atoms with E-state index in [0.717, 1.165) is 27.9 Å². The highest BCUT2D eigenvalue weighted by molar-refractivity contribution is 6.36. The van der Waals surface area contributed by atoms with E-state index in [-0.39, 0.29) is 17.7 Å². The summed E-state index contributed by atoms with van der Waals surface area (Å²) in [6.07, 6.45) is 1.88. The molecule has 0 spiro atoms. The van der Waals surface area contributed by atoms with Crippen molar-refractivity contribution in [3.05, 3.63) is 129 Å². The molecule has 0 aromatic heterocycles. The van der Waals surface area contributed by atoms with Crippen LogP contribution in [0.3, 0.4) is 0 Å². The number of rotatable bonds is 3. The monoisotopic (exact) mass is 522 g/mol. The molecule has 0 radical (unpaired) electrons. The summed E-state index contributed by atoms with van der Waals surface area (Å²) in [5.41, 5.74) is 4.37. The maximum absolute atomic E-state index is 14.3. The Morgan fingerprint density at radius 2 is 1.32 bits per heavy atom. The molecule has 2 bridgehead atoms. The zero-order valence-corrected chi connectivity index (χ0v) is 21.0. The molecule has 0 saturated carbocycles. The zero-order valence-electron chi connectivity index (χ0n) is 19.5. The first-order valence-electron chi connectivity index (χ1n) is 12.1. The van der Waals surface area contributed by atoms with Gasteiger partial charge in [0.2, 0.25) is 11.8 Å². The van der Waals surface area contributed by atoms with Gasteiger partial charge in [-0.25, -0.2) is 4.90 Å². The quantitative estimate of drug-likeness (QED) is 0.216. The summed E-state index contributed by atoms with van der Waals surface area (Å²) in [7, 11) is 0. The van der Waals surface area contributed by atoms with Crippen LogP contribution in [-0.2, 0) is 15.0 Å². The number of anilines is 1. The molecule has 1 aliphatic heterocycles. The number of hydrogen-bond acceptors (Lipinski definition) is 3. The number of hydrogen-bond donors (Lipinski definition) is 0. The highest BCUT2D eigenvalue weighted by atomic mass is 35.5. The van der Waals surface area contributed by atoms with E-state index < -0.39 is 17.3 Å². The highest BCUT2D eigenvalue weighted by Gasteiger charge is 2.68. The smallest absolute Gasteiger partial charge is 0.239 e. The molecule has 0 unspecified atom stereocenters. The van der Waals surface area contributed by atoms with Crippen LogP contribution in [0.1, 0.15) is 28.2 Å². The fourth-order valence-corrected chi connectivity index (χ4v) is 6.97. The molecule has 4 nitrogen and oxygen atoms in total. The average molecular weight is 523 g/mol. The Balaban J connectivity index is 1.51. The number of carbonyl (C=O) groups is 2. The number of halogens is 2. The first kappa shape index (κ1) is 22.5. The molecule has 2 amide bonds. The SMILES string of the molecule is O=C1[C@@H]2[C@@H](C(=O)N1c1ccccc1Cl)C1c3ccccc3C2(C=Nc2ccc(Cl)cc2)c2ccccc21. The van der Waals surface area contributed by atoms with E-state index in [1.54, 1.807) is 36.4 Å². The van der Waals surface area contributed by atoms with E-state index in [0.29, 0.717) is 15.7 Å². The maximum Gasteiger partial charge on any atom is 0.239 e. The predicted molar refractivity (Wildman–Crippen MR) is 146 cm³/mol. The third-order valence-corrected chi connectivity index (χ3v) is 8.59. The molecule has 0 N–H and O–H groups in total. The fraction of sp³-hybridized carbons (Fsp3) is 0.129. The number of imide groups is 1. The summed E-state index contributed by atoms with van der Waals surface area (Å²) in [6.45, 7) is 0. The molecular weight excluding hydrogens is 503 g/mol. The standard InChI is InChI=1S/C31H20Cl2N2O2/c32-18-13-15-19(16-14-18)34-17-31-22-9-3-1-7-20(22)26(21-8-2-4-10-23(21)31)27-28(31)30(37)35(29(27)36)25-12-6-5-11-24(25)33/h1-17,26-28H/t26?,27-,28-,31?/m0/s1. The van der Waals surface area contributed by atoms with Gasteiger partial charge in [0.05, 0.1) is 33.6 Å². The first-order chi connectivity index (χ1) is 18.0. The lowest BCUT2D eigenvalue weighted by molar-refractivity contribution is -0.122. The van der Waals surface area contributed by atoms with Crippen LogP contribution < -0.4 is 4.90 Å². The molecule has 6 heteroatoms.